The molecule has 0 radical (unpaired) electrons. The summed E-state index contributed by atoms with van der Waals surface area (Å²) in [4.78, 5) is 13.4. The van der Waals surface area contributed by atoms with E-state index < -0.39 is 55.2 Å². The number of aryl methyl sites for hydroxylation is 1. The molecule has 1 heterocycles. The Bertz CT molecular complexity index is 1420. The van der Waals surface area contributed by atoms with Crippen LogP contribution >= 0.6 is 0 Å². The summed E-state index contributed by atoms with van der Waals surface area (Å²) in [6.45, 7) is -12.2. The quantitative estimate of drug-likeness (QED) is 0.333. The molecule has 0 unspecified atom stereocenters. The van der Waals surface area contributed by atoms with Gasteiger partial charge in [-0.25, -0.2) is 0 Å². The highest BCUT2D eigenvalue weighted by Crippen LogP contribution is 2.38. The second-order valence-electron chi connectivity index (χ2n) is 7.02. The van der Waals surface area contributed by atoms with Gasteiger partial charge in [-0.05, 0) is 44.2 Å². The van der Waals surface area contributed by atoms with Crippen molar-refractivity contribution in [3.05, 3.63) is 64.9 Å². The standard InChI is InChI=1S/C25H28F3NO3/c1-4-6-10-22-23(18-9-7-8-11-20(18)32-22)24(30)17-12-13-21(19(16-17)25(26,27)28)31-15-14-29(3)5-2/h7-9,11-13,16H,4-6,10,14-15H2,1-3H3/i2D3,5D2,14D2,15D2. The molecule has 0 N–H and O–H groups in total. The number of hydrogen-bond acceptors (Lipinski definition) is 4. The summed E-state index contributed by atoms with van der Waals surface area (Å²) in [5.41, 5.74) is -1.52. The van der Waals surface area contributed by atoms with Crippen LogP contribution < -0.4 is 4.74 Å². The summed E-state index contributed by atoms with van der Waals surface area (Å²) in [6, 6.07) is 8.66. The van der Waals surface area contributed by atoms with Crippen LogP contribution in [0.25, 0.3) is 11.0 Å². The molecule has 0 fully saturated rings. The maximum Gasteiger partial charge on any atom is 0.419 e. The number of para-hydroxylation sites is 1. The Hall–Kier alpha value is -2.80. The van der Waals surface area contributed by atoms with Crippen molar-refractivity contribution in [2.45, 2.75) is 39.2 Å². The van der Waals surface area contributed by atoms with Crippen molar-refractivity contribution < 1.29 is 39.5 Å². The van der Waals surface area contributed by atoms with Crippen molar-refractivity contribution in [2.24, 2.45) is 0 Å². The zero-order valence-electron chi connectivity index (χ0n) is 26.5. The first-order valence-corrected chi connectivity index (χ1v) is 9.86. The first-order chi connectivity index (χ1) is 18.7. The predicted molar refractivity (Wildman–Crippen MR) is 118 cm³/mol. The molecule has 172 valence electrons. The van der Waals surface area contributed by atoms with Gasteiger partial charge in [0.25, 0.3) is 0 Å². The highest BCUT2D eigenvalue weighted by molar-refractivity contribution is 6.17. The second kappa shape index (κ2) is 10.2. The second-order valence-corrected chi connectivity index (χ2v) is 7.02. The molecule has 1 aromatic heterocycles. The third-order valence-electron chi connectivity index (χ3n) is 4.74. The molecule has 32 heavy (non-hydrogen) atoms. The fourth-order valence-electron chi connectivity index (χ4n) is 3.16. The van der Waals surface area contributed by atoms with E-state index in [1.807, 2.05) is 6.92 Å². The Morgan fingerprint density at radius 2 is 2.03 bits per heavy atom. The summed E-state index contributed by atoms with van der Waals surface area (Å²) >= 11 is 0. The van der Waals surface area contributed by atoms with E-state index >= 15 is 0 Å². The molecule has 0 bridgehead atoms. The van der Waals surface area contributed by atoms with Crippen LogP contribution in [0.2, 0.25) is 0 Å². The number of benzene rings is 2. The van der Waals surface area contributed by atoms with Crippen LogP contribution in [-0.4, -0.2) is 37.3 Å². The SMILES string of the molecule is [2H]C([2H])([2H])C([2H])([2H])N(C)C([2H])([2H])C([2H])([2H])Oc1ccc(C(=O)c2c(CCCC)oc3ccccc23)cc1C(F)(F)F. The van der Waals surface area contributed by atoms with Crippen LogP contribution in [0.5, 0.6) is 5.75 Å². The summed E-state index contributed by atoms with van der Waals surface area (Å²) in [7, 11) is 0.630. The Morgan fingerprint density at radius 1 is 1.25 bits per heavy atom. The predicted octanol–water partition coefficient (Wildman–Crippen LogP) is 6.36. The molecule has 0 atom stereocenters. The smallest absolute Gasteiger partial charge is 0.419 e. The van der Waals surface area contributed by atoms with Gasteiger partial charge in [0, 0.05) is 33.5 Å². The minimum Gasteiger partial charge on any atom is -0.492 e. The van der Waals surface area contributed by atoms with E-state index in [9.17, 15) is 18.0 Å². The van der Waals surface area contributed by atoms with E-state index in [1.165, 1.54) is 0 Å². The van der Waals surface area contributed by atoms with Gasteiger partial charge in [-0.2, -0.15) is 13.2 Å². The molecule has 0 spiro atoms. The molecule has 2 aromatic carbocycles. The van der Waals surface area contributed by atoms with Crippen LogP contribution in [-0.2, 0) is 12.6 Å². The Morgan fingerprint density at radius 3 is 2.75 bits per heavy atom. The maximum atomic E-state index is 14.1. The van der Waals surface area contributed by atoms with Crippen molar-refractivity contribution in [3.63, 3.8) is 0 Å². The number of carbonyl (C=O) groups is 1. The maximum absolute atomic E-state index is 14.1. The number of unbranched alkanes of at least 4 members (excludes halogenated alkanes) is 1. The van der Waals surface area contributed by atoms with Crippen molar-refractivity contribution in [1.82, 2.24) is 4.90 Å². The molecule has 4 nitrogen and oxygen atoms in total. The zero-order chi connectivity index (χ0) is 31.2. The lowest BCUT2D eigenvalue weighted by Gasteiger charge is -2.18. The molecular weight excluding hydrogens is 419 g/mol. The largest absolute Gasteiger partial charge is 0.492 e. The highest BCUT2D eigenvalue weighted by Gasteiger charge is 2.35. The van der Waals surface area contributed by atoms with Crippen LogP contribution in [0.4, 0.5) is 13.2 Å². The molecule has 0 aliphatic rings. The first kappa shape index (κ1) is 14.4. The number of furan rings is 1. The third-order valence-corrected chi connectivity index (χ3v) is 4.74. The van der Waals surface area contributed by atoms with Gasteiger partial charge in [0.2, 0.25) is 0 Å². The Labute approximate surface area is 198 Å². The van der Waals surface area contributed by atoms with Gasteiger partial charge in [0.15, 0.2) is 5.78 Å². The van der Waals surface area contributed by atoms with Gasteiger partial charge in [-0.1, -0.05) is 38.4 Å². The summed E-state index contributed by atoms with van der Waals surface area (Å²) in [6.07, 6.45) is -3.39. The van der Waals surface area contributed by atoms with Crippen LogP contribution in [0.15, 0.2) is 46.9 Å². The molecule has 0 saturated carbocycles. The fourth-order valence-corrected chi connectivity index (χ4v) is 3.16. The fraction of sp³-hybridized carbons (Fsp3) is 0.400. The van der Waals surface area contributed by atoms with E-state index in [4.69, 9.17) is 21.5 Å². The average molecular weight is 457 g/mol. The van der Waals surface area contributed by atoms with Gasteiger partial charge >= 0.3 is 6.18 Å². The van der Waals surface area contributed by atoms with Gasteiger partial charge in [0.1, 0.15) is 23.7 Å². The number of nitrogens with zero attached hydrogens (tertiary/aromatic N) is 1. The molecule has 3 rings (SSSR count). The number of rotatable bonds is 10. The Kier molecular flexibility index (Phi) is 4.59. The van der Waals surface area contributed by atoms with Crippen LogP contribution in [0.1, 0.15) is 66.2 Å². The number of hydrogen-bond donors (Lipinski definition) is 0. The van der Waals surface area contributed by atoms with Crippen molar-refractivity contribution in [1.29, 1.82) is 0 Å². The van der Waals surface area contributed by atoms with Gasteiger partial charge in [0.05, 0.1) is 13.9 Å². The lowest BCUT2D eigenvalue weighted by molar-refractivity contribution is -0.139. The van der Waals surface area contributed by atoms with E-state index in [1.54, 1.807) is 24.3 Å². The van der Waals surface area contributed by atoms with E-state index in [2.05, 4.69) is 0 Å². The van der Waals surface area contributed by atoms with Crippen LogP contribution in [0.3, 0.4) is 0 Å². The normalized spacial score (nSPS) is 17.9. The van der Waals surface area contributed by atoms with Gasteiger partial charge in [-0.15, -0.1) is 0 Å². The van der Waals surface area contributed by atoms with Crippen molar-refractivity contribution in [3.8, 4) is 5.75 Å². The number of fused-ring (bicyclic) bond motifs is 1. The third kappa shape index (κ3) is 5.33. The minimum atomic E-state index is -5.18. The minimum absolute atomic E-state index is 0.0935. The lowest BCUT2D eigenvalue weighted by Crippen LogP contribution is -2.24. The molecule has 0 saturated heterocycles. The Balaban J connectivity index is 2.07. The van der Waals surface area contributed by atoms with Gasteiger partial charge in [-0.3, -0.25) is 4.79 Å². The molecule has 0 aliphatic heterocycles. The van der Waals surface area contributed by atoms with Gasteiger partial charge < -0.3 is 14.1 Å². The molecule has 3 aromatic rings. The molecular formula is C25H28F3NO3. The highest BCUT2D eigenvalue weighted by atomic mass is 19.4. The van der Waals surface area contributed by atoms with Crippen LogP contribution in [0, 0.1) is 0 Å². The topological polar surface area (TPSA) is 42.7 Å². The molecule has 0 aliphatic carbocycles. The number of alkyl halides is 3. The van der Waals surface area contributed by atoms with E-state index in [0.29, 0.717) is 48.8 Å². The molecule has 7 heteroatoms. The number of ether oxygens (including phenoxy) is 1. The van der Waals surface area contributed by atoms with Crippen molar-refractivity contribution in [2.75, 3.05) is 26.6 Å². The monoisotopic (exact) mass is 456 g/mol. The summed E-state index contributed by atoms with van der Waals surface area (Å²) in [5, 5.41) is 0.411. The number of halogens is 3. The zero-order valence-corrected chi connectivity index (χ0v) is 17.5. The number of ketones is 1. The van der Waals surface area contributed by atoms with Crippen molar-refractivity contribution >= 4 is 16.8 Å². The average Bonchev–Trinajstić information content (AvgIpc) is 3.23. The lowest BCUT2D eigenvalue weighted by atomic mass is 9.96. The summed E-state index contributed by atoms with van der Waals surface area (Å²) in [5.74, 6) is -1.65. The first-order valence-electron chi connectivity index (χ1n) is 14.4. The van der Waals surface area contributed by atoms with E-state index in [0.717, 1.165) is 12.5 Å². The van der Waals surface area contributed by atoms with E-state index in [-0.39, 0.29) is 10.5 Å². The molecule has 0 amide bonds. The summed E-state index contributed by atoms with van der Waals surface area (Å²) < 4.78 is 123. The number of likely N-dealkylation sites (N-methyl/N-ethyl adjacent to an activating group) is 1. The number of carbonyl (C=O) groups excluding carboxylic acids is 1.